The summed E-state index contributed by atoms with van der Waals surface area (Å²) in [6, 6.07) is 0. The van der Waals surface area contributed by atoms with Crippen LogP contribution in [0.2, 0.25) is 19.6 Å². The lowest BCUT2D eigenvalue weighted by Gasteiger charge is -2.05. The fraction of sp³-hybridized carbons (Fsp3) is 0.500. The molecule has 21 heavy (non-hydrogen) atoms. The van der Waals surface area contributed by atoms with E-state index in [0.717, 1.165) is 12.8 Å². The number of allylic oxidation sites excluding steroid dienone is 6. The maximum atomic E-state index is 3.43. The van der Waals surface area contributed by atoms with E-state index in [1.807, 2.05) is 6.08 Å². The van der Waals surface area contributed by atoms with Gasteiger partial charge in [0.05, 0.1) is 0 Å². The third-order valence-corrected chi connectivity index (χ3v) is 4.63. The van der Waals surface area contributed by atoms with Crippen molar-refractivity contribution in [3.8, 4) is 23.3 Å². The summed E-state index contributed by atoms with van der Waals surface area (Å²) in [7, 11) is -1.25. The van der Waals surface area contributed by atoms with Crippen LogP contribution < -0.4 is 0 Å². The molecule has 2 aliphatic carbocycles. The Balaban J connectivity index is 2.06. The summed E-state index contributed by atoms with van der Waals surface area (Å²) < 4.78 is 0. The van der Waals surface area contributed by atoms with Crippen LogP contribution in [-0.2, 0) is 0 Å². The van der Waals surface area contributed by atoms with E-state index in [1.165, 1.54) is 48.8 Å². The predicted octanol–water partition coefficient (Wildman–Crippen LogP) is 5.41. The summed E-state index contributed by atoms with van der Waals surface area (Å²) in [5.41, 5.74) is 7.47. The average molecular weight is 295 g/mol. The molecule has 0 aliphatic heterocycles. The van der Waals surface area contributed by atoms with Gasteiger partial charge in [0.1, 0.15) is 8.07 Å². The minimum atomic E-state index is -1.25. The van der Waals surface area contributed by atoms with Crippen LogP contribution in [0.25, 0.3) is 0 Å². The molecule has 0 fully saturated rings. The highest BCUT2D eigenvalue weighted by atomic mass is 28.3. The quantitative estimate of drug-likeness (QED) is 0.448. The van der Waals surface area contributed by atoms with Crippen molar-refractivity contribution in [3.63, 3.8) is 0 Å². The third-order valence-electron chi connectivity index (χ3n) is 3.74. The SMILES string of the molecule is C[Si](C)(C)C#C/C=C\C1=C(C#CC2=CCCCC2)CCC1. The Morgan fingerprint density at radius 3 is 2.57 bits per heavy atom. The van der Waals surface area contributed by atoms with Crippen LogP contribution >= 0.6 is 0 Å². The molecule has 0 aromatic heterocycles. The molecule has 0 atom stereocenters. The van der Waals surface area contributed by atoms with Gasteiger partial charge in [-0.25, -0.2) is 0 Å². The summed E-state index contributed by atoms with van der Waals surface area (Å²) >= 11 is 0. The Labute approximate surface area is 131 Å². The predicted molar refractivity (Wildman–Crippen MR) is 95.5 cm³/mol. The molecule has 0 heterocycles. The molecule has 0 saturated heterocycles. The Morgan fingerprint density at radius 1 is 1.00 bits per heavy atom. The first-order valence-corrected chi connectivity index (χ1v) is 11.7. The fourth-order valence-corrected chi connectivity index (χ4v) is 3.12. The topological polar surface area (TPSA) is 0 Å². The van der Waals surface area contributed by atoms with E-state index < -0.39 is 8.07 Å². The van der Waals surface area contributed by atoms with E-state index >= 15 is 0 Å². The van der Waals surface area contributed by atoms with E-state index in [9.17, 15) is 0 Å². The lowest BCUT2D eigenvalue weighted by molar-refractivity contribution is 0.715. The highest BCUT2D eigenvalue weighted by Crippen LogP contribution is 2.26. The smallest absolute Gasteiger partial charge is 0.127 e. The number of rotatable bonds is 1. The van der Waals surface area contributed by atoms with Crippen LogP contribution in [-0.4, -0.2) is 8.07 Å². The Kier molecular flexibility index (Phi) is 5.72. The van der Waals surface area contributed by atoms with Crippen LogP contribution in [0.3, 0.4) is 0 Å². The number of hydrogen-bond acceptors (Lipinski definition) is 0. The van der Waals surface area contributed by atoms with Crippen molar-refractivity contribution in [1.82, 2.24) is 0 Å². The molecule has 0 aromatic rings. The molecule has 0 bridgehead atoms. The van der Waals surface area contributed by atoms with E-state index in [0.29, 0.717) is 0 Å². The van der Waals surface area contributed by atoms with Crippen LogP contribution in [0.4, 0.5) is 0 Å². The minimum Gasteiger partial charge on any atom is -0.127 e. The van der Waals surface area contributed by atoms with E-state index in [-0.39, 0.29) is 0 Å². The first kappa shape index (κ1) is 15.9. The van der Waals surface area contributed by atoms with Crippen molar-refractivity contribution >= 4 is 8.07 Å². The maximum absolute atomic E-state index is 3.43. The lowest BCUT2D eigenvalue weighted by atomic mass is 9.99. The van der Waals surface area contributed by atoms with Gasteiger partial charge in [-0.2, -0.15) is 0 Å². The van der Waals surface area contributed by atoms with Crippen LogP contribution in [0.15, 0.2) is 34.9 Å². The number of hydrogen-bond donors (Lipinski definition) is 0. The van der Waals surface area contributed by atoms with Crippen LogP contribution in [0.1, 0.15) is 44.9 Å². The van der Waals surface area contributed by atoms with Crippen LogP contribution in [0, 0.1) is 23.3 Å². The van der Waals surface area contributed by atoms with Crippen molar-refractivity contribution in [2.75, 3.05) is 0 Å². The van der Waals surface area contributed by atoms with Crippen molar-refractivity contribution in [2.45, 2.75) is 64.6 Å². The van der Waals surface area contributed by atoms with E-state index in [4.69, 9.17) is 0 Å². The van der Waals surface area contributed by atoms with Gasteiger partial charge in [0, 0.05) is 5.57 Å². The molecular formula is C20H26Si. The third kappa shape index (κ3) is 5.82. The van der Waals surface area contributed by atoms with Crippen molar-refractivity contribution in [2.24, 2.45) is 0 Å². The zero-order chi connectivity index (χ0) is 15.1. The van der Waals surface area contributed by atoms with Gasteiger partial charge >= 0.3 is 0 Å². The molecular weight excluding hydrogens is 268 g/mol. The van der Waals surface area contributed by atoms with Gasteiger partial charge in [-0.15, -0.1) is 5.54 Å². The molecule has 2 aliphatic rings. The second-order valence-corrected chi connectivity index (χ2v) is 11.7. The van der Waals surface area contributed by atoms with E-state index in [1.54, 1.807) is 0 Å². The molecule has 0 N–H and O–H groups in total. The van der Waals surface area contributed by atoms with Gasteiger partial charge < -0.3 is 0 Å². The molecule has 1 heteroatoms. The zero-order valence-electron chi connectivity index (χ0n) is 13.7. The lowest BCUT2D eigenvalue weighted by Crippen LogP contribution is -2.16. The molecule has 0 nitrogen and oxygen atoms in total. The Bertz CT molecular complexity index is 586. The first-order chi connectivity index (χ1) is 10.0. The second kappa shape index (κ2) is 7.53. The van der Waals surface area contributed by atoms with E-state index in [2.05, 4.69) is 55.1 Å². The Morgan fingerprint density at radius 2 is 1.86 bits per heavy atom. The summed E-state index contributed by atoms with van der Waals surface area (Å²) in [5.74, 6) is 10.0. The Hall–Kier alpha value is -1.44. The summed E-state index contributed by atoms with van der Waals surface area (Å²) in [6.07, 6.45) is 15.1. The summed E-state index contributed by atoms with van der Waals surface area (Å²) in [5, 5.41) is 0. The molecule has 0 amide bonds. The molecule has 110 valence electrons. The molecule has 0 saturated carbocycles. The van der Waals surface area contributed by atoms with Gasteiger partial charge in [-0.05, 0) is 68.2 Å². The molecule has 0 aromatic carbocycles. The largest absolute Gasteiger partial charge is 0.129 e. The molecule has 2 rings (SSSR count). The average Bonchev–Trinajstić information content (AvgIpc) is 2.89. The van der Waals surface area contributed by atoms with Crippen LogP contribution in [0.5, 0.6) is 0 Å². The van der Waals surface area contributed by atoms with Gasteiger partial charge in [0.2, 0.25) is 0 Å². The first-order valence-electron chi connectivity index (χ1n) is 8.17. The standard InChI is InChI=1S/C20H26Si/c1-21(2,3)17-8-7-12-19-13-9-14-20(19)16-15-18-10-5-4-6-11-18/h7,10,12H,4-6,9,11,13-14H2,1-3H3/b12-7-. The van der Waals surface area contributed by atoms with Gasteiger partial charge in [-0.3, -0.25) is 0 Å². The van der Waals surface area contributed by atoms with Gasteiger partial charge in [0.25, 0.3) is 0 Å². The molecule has 0 spiro atoms. The van der Waals surface area contributed by atoms with Gasteiger partial charge in [0.15, 0.2) is 0 Å². The summed E-state index contributed by atoms with van der Waals surface area (Å²) in [4.78, 5) is 0. The van der Waals surface area contributed by atoms with Crippen molar-refractivity contribution < 1.29 is 0 Å². The monoisotopic (exact) mass is 294 g/mol. The summed E-state index contributed by atoms with van der Waals surface area (Å²) in [6.45, 7) is 6.83. The van der Waals surface area contributed by atoms with Crippen molar-refractivity contribution in [3.05, 3.63) is 34.9 Å². The second-order valence-electron chi connectivity index (χ2n) is 6.94. The zero-order valence-corrected chi connectivity index (χ0v) is 14.7. The molecule has 0 radical (unpaired) electrons. The maximum Gasteiger partial charge on any atom is 0.129 e. The minimum absolute atomic E-state index is 1.14. The van der Waals surface area contributed by atoms with Crippen molar-refractivity contribution in [1.29, 1.82) is 0 Å². The fourth-order valence-electron chi connectivity index (χ4n) is 2.60. The molecule has 0 unspecified atom stereocenters. The normalized spacial score (nSPS) is 18.9. The van der Waals surface area contributed by atoms with Gasteiger partial charge in [-0.1, -0.05) is 43.5 Å². The highest BCUT2D eigenvalue weighted by molar-refractivity contribution is 6.83. The highest BCUT2D eigenvalue weighted by Gasteiger charge is 2.10.